The summed E-state index contributed by atoms with van der Waals surface area (Å²) in [6, 6.07) is 7.72. The van der Waals surface area contributed by atoms with E-state index >= 15 is 0 Å². The van der Waals surface area contributed by atoms with E-state index in [0.717, 1.165) is 29.8 Å². The van der Waals surface area contributed by atoms with Crippen LogP contribution in [0.15, 0.2) is 33.9 Å². The molecule has 0 aliphatic carbocycles. The zero-order chi connectivity index (χ0) is 13.1. The highest BCUT2D eigenvalue weighted by Crippen LogP contribution is 2.23. The number of carbonyl (C=O) groups excluding carboxylic acids is 1. The molecule has 2 aromatic rings. The molecule has 0 bridgehead atoms. The molecule has 0 radical (unpaired) electrons. The van der Waals surface area contributed by atoms with E-state index in [0.29, 0.717) is 18.4 Å². The maximum absolute atomic E-state index is 11.2. The molecule has 0 unspecified atom stereocenters. The first kappa shape index (κ1) is 12.3. The fourth-order valence-electron chi connectivity index (χ4n) is 1.96. The Kier molecular flexibility index (Phi) is 3.59. The van der Waals surface area contributed by atoms with Gasteiger partial charge < -0.3 is 14.1 Å². The van der Waals surface area contributed by atoms with Gasteiger partial charge in [0.15, 0.2) is 5.58 Å². The van der Waals surface area contributed by atoms with E-state index in [4.69, 9.17) is 9.15 Å². The van der Waals surface area contributed by atoms with Gasteiger partial charge in [0.1, 0.15) is 12.1 Å². The predicted octanol–water partition coefficient (Wildman–Crippen LogP) is 2.76. The molecule has 5 nitrogen and oxygen atoms in total. The van der Waals surface area contributed by atoms with Gasteiger partial charge in [-0.25, -0.2) is 9.78 Å². The van der Waals surface area contributed by atoms with Crippen LogP contribution < -0.4 is 0 Å². The summed E-state index contributed by atoms with van der Waals surface area (Å²) in [4.78, 5) is 17.3. The van der Waals surface area contributed by atoms with E-state index in [2.05, 4.69) is 4.98 Å². The zero-order valence-corrected chi connectivity index (χ0v) is 11.2. The van der Waals surface area contributed by atoms with Crippen molar-refractivity contribution in [1.29, 1.82) is 0 Å². The van der Waals surface area contributed by atoms with Crippen LogP contribution in [0.3, 0.4) is 0 Å². The number of aromatic nitrogens is 1. The highest BCUT2D eigenvalue weighted by atomic mass is 32.2. The second kappa shape index (κ2) is 5.52. The van der Waals surface area contributed by atoms with E-state index in [1.54, 1.807) is 16.7 Å². The number of hydrogen-bond donors (Lipinski definition) is 0. The number of thioether (sulfide) groups is 1. The van der Waals surface area contributed by atoms with Crippen LogP contribution in [0.4, 0.5) is 4.79 Å². The van der Waals surface area contributed by atoms with Gasteiger partial charge in [0.25, 0.3) is 5.22 Å². The molecule has 1 amide bonds. The quantitative estimate of drug-likeness (QED) is 0.622. The monoisotopic (exact) mass is 278 g/mol. The van der Waals surface area contributed by atoms with Crippen LogP contribution in [0.2, 0.25) is 0 Å². The van der Waals surface area contributed by atoms with Crippen molar-refractivity contribution in [3.05, 3.63) is 24.3 Å². The summed E-state index contributed by atoms with van der Waals surface area (Å²) in [5.74, 6) is 0.872. The summed E-state index contributed by atoms with van der Waals surface area (Å²) in [6.45, 7) is 1.94. The second-order valence-corrected chi connectivity index (χ2v) is 5.30. The Labute approximate surface area is 114 Å². The number of fused-ring (bicyclic) bond motifs is 1. The standard InChI is InChI=1S/C13H14N2O3S/c16-13-15(7-8-17-13)6-3-9-19-12-14-10-4-1-2-5-11(10)18-12/h1-2,4-5H,3,6-9H2. The average Bonchev–Trinajstić information content (AvgIpc) is 3.00. The van der Waals surface area contributed by atoms with Gasteiger partial charge in [0.2, 0.25) is 0 Å². The van der Waals surface area contributed by atoms with Crippen molar-refractivity contribution in [1.82, 2.24) is 9.88 Å². The van der Waals surface area contributed by atoms with Crippen molar-refractivity contribution >= 4 is 29.0 Å². The molecule has 1 saturated heterocycles. The van der Waals surface area contributed by atoms with Gasteiger partial charge in [-0.1, -0.05) is 23.9 Å². The number of amides is 1. The Morgan fingerprint density at radius 3 is 3.05 bits per heavy atom. The van der Waals surface area contributed by atoms with Gasteiger partial charge in [0.05, 0.1) is 6.54 Å². The second-order valence-electron chi connectivity index (χ2n) is 4.25. The molecule has 0 spiro atoms. The summed E-state index contributed by atoms with van der Waals surface area (Å²) < 4.78 is 10.5. The number of carbonyl (C=O) groups is 1. The molecule has 1 aromatic carbocycles. The molecule has 1 aromatic heterocycles. The lowest BCUT2D eigenvalue weighted by Crippen LogP contribution is -2.25. The van der Waals surface area contributed by atoms with E-state index in [9.17, 15) is 4.79 Å². The molecule has 0 saturated carbocycles. The number of rotatable bonds is 5. The van der Waals surface area contributed by atoms with Crippen molar-refractivity contribution in [3.63, 3.8) is 0 Å². The third kappa shape index (κ3) is 2.84. The van der Waals surface area contributed by atoms with Crippen molar-refractivity contribution in [2.75, 3.05) is 25.4 Å². The van der Waals surface area contributed by atoms with E-state index in [1.807, 2.05) is 24.3 Å². The first-order valence-corrected chi connectivity index (χ1v) is 7.21. The van der Waals surface area contributed by atoms with E-state index < -0.39 is 0 Å². The number of para-hydroxylation sites is 2. The van der Waals surface area contributed by atoms with Crippen LogP contribution in [0.1, 0.15) is 6.42 Å². The topological polar surface area (TPSA) is 55.6 Å². The normalized spacial score (nSPS) is 15.2. The number of nitrogens with zero attached hydrogens (tertiary/aromatic N) is 2. The number of ether oxygens (including phenoxy) is 1. The fourth-order valence-corrected chi connectivity index (χ4v) is 2.72. The van der Waals surface area contributed by atoms with Crippen LogP contribution in [0.5, 0.6) is 0 Å². The van der Waals surface area contributed by atoms with Crippen molar-refractivity contribution in [3.8, 4) is 0 Å². The Balaban J connectivity index is 1.48. The van der Waals surface area contributed by atoms with Crippen molar-refractivity contribution in [2.45, 2.75) is 11.6 Å². The lowest BCUT2D eigenvalue weighted by molar-refractivity contribution is 0.158. The highest BCUT2D eigenvalue weighted by Gasteiger charge is 2.20. The maximum Gasteiger partial charge on any atom is 0.409 e. The number of benzene rings is 1. The minimum atomic E-state index is -0.202. The van der Waals surface area contributed by atoms with Crippen molar-refractivity contribution in [2.24, 2.45) is 0 Å². The lowest BCUT2D eigenvalue weighted by Gasteiger charge is -2.10. The van der Waals surface area contributed by atoms with Crippen LogP contribution in [0.25, 0.3) is 11.1 Å². The van der Waals surface area contributed by atoms with Crippen LogP contribution in [-0.4, -0.2) is 41.4 Å². The Morgan fingerprint density at radius 1 is 1.37 bits per heavy atom. The van der Waals surface area contributed by atoms with Gasteiger partial charge >= 0.3 is 6.09 Å². The lowest BCUT2D eigenvalue weighted by atomic mass is 10.3. The molecule has 2 heterocycles. The Bertz CT molecular complexity index is 551. The smallest absolute Gasteiger partial charge is 0.409 e. The van der Waals surface area contributed by atoms with Gasteiger partial charge in [-0.2, -0.15) is 0 Å². The van der Waals surface area contributed by atoms with Gasteiger partial charge in [0, 0.05) is 12.3 Å². The first-order chi connectivity index (χ1) is 9.33. The van der Waals surface area contributed by atoms with E-state index in [-0.39, 0.29) is 6.09 Å². The minimum Gasteiger partial charge on any atom is -0.448 e. The fraction of sp³-hybridized carbons (Fsp3) is 0.385. The SMILES string of the molecule is O=C1OCCN1CCCSc1nc2ccccc2o1. The Hall–Kier alpha value is -1.69. The molecule has 0 atom stereocenters. The third-order valence-electron chi connectivity index (χ3n) is 2.92. The first-order valence-electron chi connectivity index (χ1n) is 6.23. The largest absolute Gasteiger partial charge is 0.448 e. The molecule has 100 valence electrons. The number of oxazole rings is 1. The number of cyclic esters (lactones) is 1. The maximum atomic E-state index is 11.2. The molecule has 1 aliphatic heterocycles. The molecule has 19 heavy (non-hydrogen) atoms. The van der Waals surface area contributed by atoms with Crippen LogP contribution in [-0.2, 0) is 4.74 Å². The summed E-state index contributed by atoms with van der Waals surface area (Å²) in [6.07, 6.45) is 0.699. The molecule has 1 fully saturated rings. The summed E-state index contributed by atoms with van der Waals surface area (Å²) in [7, 11) is 0. The minimum absolute atomic E-state index is 0.202. The highest BCUT2D eigenvalue weighted by molar-refractivity contribution is 7.99. The zero-order valence-electron chi connectivity index (χ0n) is 10.4. The predicted molar refractivity (Wildman–Crippen MR) is 72.3 cm³/mol. The third-order valence-corrected chi connectivity index (χ3v) is 3.83. The summed E-state index contributed by atoms with van der Waals surface area (Å²) >= 11 is 1.57. The molecule has 1 aliphatic rings. The summed E-state index contributed by atoms with van der Waals surface area (Å²) in [5, 5.41) is 0.685. The number of hydrogen-bond acceptors (Lipinski definition) is 5. The van der Waals surface area contributed by atoms with Gasteiger partial charge in [-0.3, -0.25) is 0 Å². The molecule has 6 heteroatoms. The molecule has 3 rings (SSSR count). The molecular weight excluding hydrogens is 264 g/mol. The van der Waals surface area contributed by atoms with Gasteiger partial charge in [-0.15, -0.1) is 0 Å². The average molecular weight is 278 g/mol. The van der Waals surface area contributed by atoms with Gasteiger partial charge in [-0.05, 0) is 18.6 Å². The Morgan fingerprint density at radius 2 is 2.26 bits per heavy atom. The molecular formula is C13H14N2O3S. The summed E-state index contributed by atoms with van der Waals surface area (Å²) in [5.41, 5.74) is 1.70. The van der Waals surface area contributed by atoms with Crippen LogP contribution >= 0.6 is 11.8 Å². The van der Waals surface area contributed by atoms with E-state index in [1.165, 1.54) is 0 Å². The van der Waals surface area contributed by atoms with Crippen LogP contribution in [0, 0.1) is 0 Å². The molecule has 0 N–H and O–H groups in total. The van der Waals surface area contributed by atoms with Crippen molar-refractivity contribution < 1.29 is 13.9 Å².